The molecular weight excluding hydrogens is 348 g/mol. The molecular formula is C11H16BrClN4OSi. The van der Waals surface area contributed by atoms with Gasteiger partial charge in [0.2, 0.25) is 0 Å². The number of halogens is 2. The summed E-state index contributed by atoms with van der Waals surface area (Å²) in [6, 6.07) is 1.12. The highest BCUT2D eigenvalue weighted by Gasteiger charge is 2.14. The third kappa shape index (κ3) is 3.98. The second-order valence-corrected chi connectivity index (χ2v) is 12.3. The van der Waals surface area contributed by atoms with Crippen molar-refractivity contribution in [1.29, 1.82) is 0 Å². The number of rotatable bonds is 5. The van der Waals surface area contributed by atoms with E-state index in [-0.39, 0.29) is 0 Å². The summed E-state index contributed by atoms with van der Waals surface area (Å²) >= 11 is 9.21. The van der Waals surface area contributed by atoms with Crippen molar-refractivity contribution < 1.29 is 4.74 Å². The van der Waals surface area contributed by atoms with Gasteiger partial charge in [-0.2, -0.15) is 5.10 Å². The standard InChI is InChI=1S/C11H16BrClN4OSi/c1-19(2,3)5-4-18-7-17-11-9(10(12)16-17)14-6-8(13)15-11/h6H,4-5,7H2,1-3H3. The van der Waals surface area contributed by atoms with Gasteiger partial charge in [-0.15, -0.1) is 0 Å². The Kier molecular flexibility index (Phi) is 4.60. The predicted molar refractivity (Wildman–Crippen MR) is 82.1 cm³/mol. The van der Waals surface area contributed by atoms with Crippen molar-refractivity contribution in [3.63, 3.8) is 0 Å². The van der Waals surface area contributed by atoms with Crippen LogP contribution in [0.15, 0.2) is 10.8 Å². The minimum Gasteiger partial charge on any atom is -0.359 e. The van der Waals surface area contributed by atoms with Gasteiger partial charge in [-0.1, -0.05) is 31.2 Å². The van der Waals surface area contributed by atoms with Crippen LogP contribution >= 0.6 is 27.5 Å². The SMILES string of the molecule is C[Si](C)(C)CCOCn1nc(Br)c2ncc(Cl)nc21. The molecule has 0 bridgehead atoms. The van der Waals surface area contributed by atoms with E-state index in [0.717, 1.165) is 12.7 Å². The number of aromatic nitrogens is 4. The van der Waals surface area contributed by atoms with Gasteiger partial charge in [0.1, 0.15) is 17.4 Å². The van der Waals surface area contributed by atoms with E-state index in [0.29, 0.717) is 27.7 Å². The molecule has 2 aromatic rings. The largest absolute Gasteiger partial charge is 0.359 e. The van der Waals surface area contributed by atoms with Crippen molar-refractivity contribution in [2.24, 2.45) is 0 Å². The van der Waals surface area contributed by atoms with Crippen molar-refractivity contribution in [2.45, 2.75) is 32.4 Å². The van der Waals surface area contributed by atoms with Crippen molar-refractivity contribution in [3.05, 3.63) is 16.0 Å². The molecule has 0 atom stereocenters. The molecule has 0 aromatic carbocycles. The van der Waals surface area contributed by atoms with E-state index >= 15 is 0 Å². The van der Waals surface area contributed by atoms with Gasteiger partial charge in [0.25, 0.3) is 0 Å². The van der Waals surface area contributed by atoms with E-state index in [1.165, 1.54) is 6.20 Å². The van der Waals surface area contributed by atoms with E-state index in [4.69, 9.17) is 16.3 Å². The summed E-state index contributed by atoms with van der Waals surface area (Å²) in [4.78, 5) is 8.42. The first-order chi connectivity index (χ1) is 8.87. The highest BCUT2D eigenvalue weighted by atomic mass is 79.9. The molecule has 0 N–H and O–H groups in total. The van der Waals surface area contributed by atoms with Gasteiger partial charge < -0.3 is 4.74 Å². The zero-order valence-corrected chi connectivity index (χ0v) is 14.5. The minimum absolute atomic E-state index is 0.350. The lowest BCUT2D eigenvalue weighted by molar-refractivity contribution is 0.0810. The quantitative estimate of drug-likeness (QED) is 0.602. The molecule has 2 heterocycles. The number of hydrogen-bond donors (Lipinski definition) is 0. The molecule has 0 radical (unpaired) electrons. The van der Waals surface area contributed by atoms with Crippen LogP contribution in [0.5, 0.6) is 0 Å². The van der Waals surface area contributed by atoms with Gasteiger partial charge in [0.15, 0.2) is 10.3 Å². The summed E-state index contributed by atoms with van der Waals surface area (Å²) in [6.45, 7) is 8.06. The summed E-state index contributed by atoms with van der Waals surface area (Å²) in [5.74, 6) is 0. The van der Waals surface area contributed by atoms with Crippen LogP contribution in [0, 0.1) is 0 Å². The van der Waals surface area contributed by atoms with Gasteiger partial charge in [0, 0.05) is 14.7 Å². The molecule has 8 heteroatoms. The normalized spacial score (nSPS) is 12.3. The molecule has 104 valence electrons. The van der Waals surface area contributed by atoms with Gasteiger partial charge in [-0.25, -0.2) is 14.6 Å². The molecule has 19 heavy (non-hydrogen) atoms. The lowest BCUT2D eigenvalue weighted by atomic mass is 10.5. The Bertz CT molecular complexity index is 584. The number of fused-ring (bicyclic) bond motifs is 1. The molecule has 0 fully saturated rings. The molecule has 2 rings (SSSR count). The van der Waals surface area contributed by atoms with Crippen LogP contribution < -0.4 is 0 Å². The lowest BCUT2D eigenvalue weighted by Crippen LogP contribution is -2.22. The number of ether oxygens (including phenoxy) is 1. The summed E-state index contributed by atoms with van der Waals surface area (Å²) in [7, 11) is -1.07. The fourth-order valence-corrected chi connectivity index (χ4v) is 2.86. The van der Waals surface area contributed by atoms with Crippen molar-refractivity contribution in [2.75, 3.05) is 6.61 Å². The summed E-state index contributed by atoms with van der Waals surface area (Å²) < 4.78 is 7.98. The zero-order valence-electron chi connectivity index (χ0n) is 11.2. The number of hydrogen-bond acceptors (Lipinski definition) is 4. The fourth-order valence-electron chi connectivity index (χ4n) is 1.50. The average Bonchev–Trinajstić information content (AvgIpc) is 2.60. The first kappa shape index (κ1) is 14.9. The molecule has 0 unspecified atom stereocenters. The summed E-state index contributed by atoms with van der Waals surface area (Å²) in [6.07, 6.45) is 1.51. The maximum atomic E-state index is 5.86. The molecule has 2 aromatic heterocycles. The maximum Gasteiger partial charge on any atom is 0.181 e. The molecule has 0 aliphatic heterocycles. The molecule has 0 saturated carbocycles. The summed E-state index contributed by atoms with van der Waals surface area (Å²) in [5, 5.41) is 4.65. The van der Waals surface area contributed by atoms with E-state index < -0.39 is 8.07 Å². The molecule has 0 amide bonds. The zero-order chi connectivity index (χ0) is 14.0. The maximum absolute atomic E-state index is 5.86. The van der Waals surface area contributed by atoms with Gasteiger partial charge >= 0.3 is 0 Å². The third-order valence-corrected chi connectivity index (χ3v) is 5.00. The topological polar surface area (TPSA) is 52.8 Å². The second-order valence-electron chi connectivity index (χ2n) is 5.50. The monoisotopic (exact) mass is 362 g/mol. The van der Waals surface area contributed by atoms with Gasteiger partial charge in [-0.05, 0) is 22.0 Å². The predicted octanol–water partition coefficient (Wildman–Crippen LogP) is 3.55. The minimum atomic E-state index is -1.07. The smallest absolute Gasteiger partial charge is 0.181 e. The Balaban J connectivity index is 2.07. The van der Waals surface area contributed by atoms with Crippen molar-refractivity contribution in [3.8, 4) is 0 Å². The Hall–Kier alpha value is -0.503. The first-order valence-electron chi connectivity index (χ1n) is 5.99. The molecule has 0 aliphatic rings. The van der Waals surface area contributed by atoms with Gasteiger partial charge in [0.05, 0.1) is 6.20 Å². The van der Waals surface area contributed by atoms with Crippen LogP contribution in [0.3, 0.4) is 0 Å². The Labute approximate surface area is 126 Å². The highest BCUT2D eigenvalue weighted by molar-refractivity contribution is 9.10. The van der Waals surface area contributed by atoms with E-state index in [9.17, 15) is 0 Å². The highest BCUT2D eigenvalue weighted by Crippen LogP contribution is 2.21. The van der Waals surface area contributed by atoms with Crippen LogP contribution in [-0.2, 0) is 11.5 Å². The van der Waals surface area contributed by atoms with Crippen molar-refractivity contribution in [1.82, 2.24) is 19.7 Å². The molecule has 0 aliphatic carbocycles. The van der Waals surface area contributed by atoms with Crippen molar-refractivity contribution >= 4 is 46.8 Å². The molecule has 0 saturated heterocycles. The Morgan fingerprint density at radius 1 is 1.42 bits per heavy atom. The van der Waals surface area contributed by atoms with E-state index in [1.807, 2.05) is 0 Å². The third-order valence-electron chi connectivity index (χ3n) is 2.58. The van der Waals surface area contributed by atoms with Crippen LogP contribution in [0.25, 0.3) is 11.2 Å². The van der Waals surface area contributed by atoms with Crippen LogP contribution in [0.2, 0.25) is 30.8 Å². The van der Waals surface area contributed by atoms with E-state index in [1.54, 1.807) is 4.68 Å². The fraction of sp³-hybridized carbons (Fsp3) is 0.545. The van der Waals surface area contributed by atoms with Gasteiger partial charge in [-0.3, -0.25) is 0 Å². The van der Waals surface area contributed by atoms with E-state index in [2.05, 4.69) is 50.6 Å². The Morgan fingerprint density at radius 2 is 2.16 bits per heavy atom. The van der Waals surface area contributed by atoms with Crippen LogP contribution in [0.4, 0.5) is 0 Å². The Morgan fingerprint density at radius 3 is 2.84 bits per heavy atom. The number of nitrogens with zero attached hydrogens (tertiary/aromatic N) is 4. The average molecular weight is 364 g/mol. The van der Waals surface area contributed by atoms with Crippen LogP contribution in [-0.4, -0.2) is 34.4 Å². The molecule has 0 spiro atoms. The first-order valence-corrected chi connectivity index (χ1v) is 10.9. The summed E-state index contributed by atoms with van der Waals surface area (Å²) in [5.41, 5.74) is 1.32. The second kappa shape index (κ2) is 5.86. The lowest BCUT2D eigenvalue weighted by Gasteiger charge is -2.15. The molecule has 5 nitrogen and oxygen atoms in total. The van der Waals surface area contributed by atoms with Crippen LogP contribution in [0.1, 0.15) is 0 Å².